The van der Waals surface area contributed by atoms with E-state index in [0.717, 1.165) is 0 Å². The first-order chi connectivity index (χ1) is 10.6. The molecule has 0 unspecified atom stereocenters. The topological polar surface area (TPSA) is 205 Å². The van der Waals surface area contributed by atoms with Crippen LogP contribution in [0.25, 0.3) is 0 Å². The first-order valence-electron chi connectivity index (χ1n) is 6.36. The fourth-order valence-electron chi connectivity index (χ4n) is 2.21. The van der Waals surface area contributed by atoms with Crippen LogP contribution in [0.2, 0.25) is 0 Å². The highest BCUT2D eigenvalue weighted by molar-refractivity contribution is 7.46. The molecular formula is C10H17N4O8P. The second-order valence-electron chi connectivity index (χ2n) is 4.91. The number of aromatic nitrogens is 1. The summed E-state index contributed by atoms with van der Waals surface area (Å²) in [5, 5.41) is 27.8. The second-order valence-corrected chi connectivity index (χ2v) is 6.15. The molecule has 1 saturated heterocycles. The maximum Gasteiger partial charge on any atom is 0.469 e. The molecule has 0 amide bonds. The Hall–Kier alpha value is -1.50. The molecule has 0 spiro atoms. The Kier molecular flexibility index (Phi) is 5.08. The summed E-state index contributed by atoms with van der Waals surface area (Å²) in [6.45, 7) is -0.525. The molecule has 12 nitrogen and oxygen atoms in total. The van der Waals surface area contributed by atoms with E-state index in [1.54, 1.807) is 0 Å². The Balaban J connectivity index is 2.17. The van der Waals surface area contributed by atoms with Gasteiger partial charge in [0.1, 0.15) is 17.6 Å². The standard InChI is InChI=1S/C10H17N4O8P/c11-9-4(1-5(14(16)17)10(12)13-9)7-2-6(15)8(22-7)3-21-23(18,19)20/h1,6-8,15-17H,2-3H2,(H4,11,12,13)(H2,18,19,20)/t6-,7+,8+/m0/s1. The molecule has 1 fully saturated rings. The quantitative estimate of drug-likeness (QED) is 0.255. The zero-order valence-electron chi connectivity index (χ0n) is 11.7. The van der Waals surface area contributed by atoms with E-state index in [1.807, 2.05) is 0 Å². The van der Waals surface area contributed by atoms with E-state index in [9.17, 15) is 9.67 Å². The number of nitrogen functional groups attached to an aromatic ring is 2. The summed E-state index contributed by atoms with van der Waals surface area (Å²) in [4.78, 5) is 21.1. The van der Waals surface area contributed by atoms with Crippen LogP contribution in [0.5, 0.6) is 0 Å². The average Bonchev–Trinajstić information content (AvgIpc) is 2.76. The van der Waals surface area contributed by atoms with Crippen molar-refractivity contribution >= 4 is 25.1 Å². The maximum absolute atomic E-state index is 10.7. The molecule has 1 aliphatic heterocycles. The third-order valence-electron chi connectivity index (χ3n) is 3.28. The van der Waals surface area contributed by atoms with E-state index >= 15 is 0 Å². The summed E-state index contributed by atoms with van der Waals surface area (Å²) in [7, 11) is -4.69. The van der Waals surface area contributed by atoms with Gasteiger partial charge in [-0.15, -0.1) is 5.23 Å². The van der Waals surface area contributed by atoms with Crippen molar-refractivity contribution in [3.05, 3.63) is 11.6 Å². The molecule has 0 aromatic carbocycles. The van der Waals surface area contributed by atoms with Crippen LogP contribution >= 0.6 is 7.82 Å². The van der Waals surface area contributed by atoms with Crippen molar-refractivity contribution in [1.29, 1.82) is 0 Å². The fourth-order valence-corrected chi connectivity index (χ4v) is 2.56. The SMILES string of the molecule is Nc1nc(N)c(N(O)O)cc1[C@H]1C[C@H](O)[C@@H](COP(=O)(O)O)O1. The number of pyridine rings is 1. The summed E-state index contributed by atoms with van der Waals surface area (Å²) in [6, 6.07) is 1.22. The number of anilines is 3. The van der Waals surface area contributed by atoms with Gasteiger partial charge in [-0.25, -0.2) is 9.55 Å². The van der Waals surface area contributed by atoms with Crippen molar-refractivity contribution < 1.29 is 39.1 Å². The number of phosphoric ester groups is 1. The Morgan fingerprint density at radius 3 is 2.61 bits per heavy atom. The lowest BCUT2D eigenvalue weighted by Crippen LogP contribution is -2.25. The number of nitrogens with two attached hydrogens (primary N) is 2. The van der Waals surface area contributed by atoms with Gasteiger partial charge in [-0.1, -0.05) is 0 Å². The fraction of sp³-hybridized carbons (Fsp3) is 0.500. The summed E-state index contributed by atoms with van der Waals surface area (Å²) < 4.78 is 20.4. The Morgan fingerprint density at radius 1 is 1.39 bits per heavy atom. The van der Waals surface area contributed by atoms with Crippen LogP contribution in [0.4, 0.5) is 17.3 Å². The van der Waals surface area contributed by atoms with Crippen LogP contribution in [0.15, 0.2) is 6.07 Å². The van der Waals surface area contributed by atoms with Crippen molar-refractivity contribution in [1.82, 2.24) is 4.98 Å². The minimum atomic E-state index is -4.69. The molecule has 0 saturated carbocycles. The third-order valence-corrected chi connectivity index (χ3v) is 3.77. The molecule has 1 aliphatic rings. The van der Waals surface area contributed by atoms with Gasteiger partial charge >= 0.3 is 7.82 Å². The molecule has 1 aromatic rings. The van der Waals surface area contributed by atoms with E-state index in [4.69, 9.17) is 36.4 Å². The third kappa shape index (κ3) is 4.28. The van der Waals surface area contributed by atoms with Crippen LogP contribution < -0.4 is 16.7 Å². The van der Waals surface area contributed by atoms with Gasteiger partial charge in [0, 0.05) is 12.0 Å². The van der Waals surface area contributed by atoms with E-state index in [-0.39, 0.29) is 34.5 Å². The van der Waals surface area contributed by atoms with Gasteiger partial charge in [0.2, 0.25) is 0 Å². The zero-order chi connectivity index (χ0) is 17.4. The number of hydrogen-bond acceptors (Lipinski definition) is 10. The van der Waals surface area contributed by atoms with E-state index in [0.29, 0.717) is 0 Å². The van der Waals surface area contributed by atoms with Crippen LogP contribution in [-0.2, 0) is 13.8 Å². The highest BCUT2D eigenvalue weighted by atomic mass is 31.2. The van der Waals surface area contributed by atoms with E-state index in [2.05, 4.69) is 9.51 Å². The molecule has 23 heavy (non-hydrogen) atoms. The lowest BCUT2D eigenvalue weighted by atomic mass is 10.0. The van der Waals surface area contributed by atoms with Crippen molar-refractivity contribution in [3.8, 4) is 0 Å². The van der Waals surface area contributed by atoms with Crippen LogP contribution in [0, 0.1) is 0 Å². The van der Waals surface area contributed by atoms with Gasteiger partial charge in [-0.3, -0.25) is 14.9 Å². The minimum absolute atomic E-state index is 0.0399. The average molecular weight is 352 g/mol. The number of aliphatic hydroxyl groups is 1. The van der Waals surface area contributed by atoms with Gasteiger partial charge in [0.15, 0.2) is 5.82 Å². The number of hydrogen-bond donors (Lipinski definition) is 7. The number of ether oxygens (including phenoxy) is 1. The summed E-state index contributed by atoms with van der Waals surface area (Å²) in [6.07, 6.45) is -2.80. The summed E-state index contributed by atoms with van der Waals surface area (Å²) in [5.74, 6) is -0.266. The van der Waals surface area contributed by atoms with Gasteiger partial charge in [0.05, 0.1) is 18.8 Å². The highest BCUT2D eigenvalue weighted by Crippen LogP contribution is 2.41. The lowest BCUT2D eigenvalue weighted by Gasteiger charge is -2.18. The molecular weight excluding hydrogens is 335 g/mol. The lowest BCUT2D eigenvalue weighted by molar-refractivity contribution is -0.0221. The van der Waals surface area contributed by atoms with E-state index < -0.39 is 32.7 Å². The molecule has 0 aliphatic carbocycles. The molecule has 13 heteroatoms. The summed E-state index contributed by atoms with van der Waals surface area (Å²) in [5.41, 5.74) is 11.2. The first-order valence-corrected chi connectivity index (χ1v) is 7.89. The monoisotopic (exact) mass is 352 g/mol. The molecule has 0 bridgehead atoms. The van der Waals surface area contributed by atoms with Crippen LogP contribution in [0.1, 0.15) is 18.1 Å². The molecule has 3 atom stereocenters. The number of rotatable bonds is 5. The normalized spacial score (nSPS) is 24.8. The largest absolute Gasteiger partial charge is 0.469 e. The zero-order valence-corrected chi connectivity index (χ0v) is 12.6. The molecule has 130 valence electrons. The minimum Gasteiger partial charge on any atom is -0.390 e. The van der Waals surface area contributed by atoms with Gasteiger partial charge in [0.25, 0.3) is 0 Å². The van der Waals surface area contributed by atoms with E-state index in [1.165, 1.54) is 6.07 Å². The van der Waals surface area contributed by atoms with Crippen molar-refractivity contribution in [2.45, 2.75) is 24.7 Å². The van der Waals surface area contributed by atoms with Gasteiger partial charge in [-0.05, 0) is 6.07 Å². The van der Waals surface area contributed by atoms with Crippen molar-refractivity contribution in [3.63, 3.8) is 0 Å². The van der Waals surface area contributed by atoms with Gasteiger partial charge < -0.3 is 31.1 Å². The predicted octanol–water partition coefficient (Wildman–Crippen LogP) is -0.869. The molecule has 2 heterocycles. The van der Waals surface area contributed by atoms with Crippen molar-refractivity contribution in [2.75, 3.05) is 23.3 Å². The molecule has 0 radical (unpaired) electrons. The molecule has 9 N–H and O–H groups in total. The Bertz CT molecular complexity index is 623. The Morgan fingerprint density at radius 2 is 2.04 bits per heavy atom. The molecule has 2 rings (SSSR count). The number of nitrogens with zero attached hydrogens (tertiary/aromatic N) is 2. The van der Waals surface area contributed by atoms with Crippen molar-refractivity contribution in [2.24, 2.45) is 0 Å². The maximum atomic E-state index is 10.7. The highest BCUT2D eigenvalue weighted by Gasteiger charge is 2.37. The molecule has 1 aromatic heterocycles. The van der Waals surface area contributed by atoms with Crippen LogP contribution in [-0.4, -0.2) is 49.1 Å². The smallest absolute Gasteiger partial charge is 0.390 e. The number of phosphoric acid groups is 1. The number of aliphatic hydroxyl groups excluding tert-OH is 1. The predicted molar refractivity (Wildman–Crippen MR) is 75.3 cm³/mol. The first kappa shape index (κ1) is 17.8. The second kappa shape index (κ2) is 6.55. The Labute approximate surface area is 130 Å². The summed E-state index contributed by atoms with van der Waals surface area (Å²) >= 11 is 0. The van der Waals surface area contributed by atoms with Crippen LogP contribution in [0.3, 0.4) is 0 Å². The van der Waals surface area contributed by atoms with Gasteiger partial charge in [-0.2, -0.15) is 0 Å².